The number of nitrogens with two attached hydrogens (primary N) is 1. The van der Waals surface area contributed by atoms with Crippen LogP contribution in [0.2, 0.25) is 0 Å². The Morgan fingerprint density at radius 2 is 2.05 bits per heavy atom. The minimum absolute atomic E-state index is 0.580. The van der Waals surface area contributed by atoms with Gasteiger partial charge in [-0.1, -0.05) is 19.8 Å². The van der Waals surface area contributed by atoms with E-state index in [1.807, 2.05) is 12.3 Å². The lowest BCUT2D eigenvalue weighted by Gasteiger charge is -2.21. The molecule has 4 nitrogen and oxygen atoms in total. The molecule has 0 amide bonds. The molecule has 1 aromatic heterocycles. The van der Waals surface area contributed by atoms with Crippen molar-refractivity contribution in [2.75, 3.05) is 13.1 Å². The molecule has 1 aliphatic heterocycles. The van der Waals surface area contributed by atoms with Crippen molar-refractivity contribution in [1.82, 2.24) is 9.88 Å². The number of hydrogen-bond acceptors (Lipinski definition) is 2. The fourth-order valence-electron chi connectivity index (χ4n) is 2.40. The van der Waals surface area contributed by atoms with E-state index in [0.717, 1.165) is 25.2 Å². The van der Waals surface area contributed by atoms with E-state index in [1.54, 1.807) is 0 Å². The summed E-state index contributed by atoms with van der Waals surface area (Å²) in [6.45, 7) is 4.81. The first-order valence-electron chi connectivity index (χ1n) is 7.28. The monoisotopic (exact) mass is 260 g/mol. The number of nitrogens with zero attached hydrogens (tertiary/aromatic N) is 3. The van der Waals surface area contributed by atoms with E-state index in [1.165, 1.54) is 31.2 Å². The molecule has 2 N–H and O–H groups in total. The summed E-state index contributed by atoms with van der Waals surface area (Å²) in [7, 11) is 0. The molecule has 4 heteroatoms. The Bertz CT molecular complexity index is 420. The van der Waals surface area contributed by atoms with Gasteiger partial charge in [0.05, 0.1) is 12.2 Å². The Morgan fingerprint density at radius 1 is 1.32 bits per heavy atom. The van der Waals surface area contributed by atoms with Crippen molar-refractivity contribution >= 4 is 5.96 Å². The second-order valence-electron chi connectivity index (χ2n) is 5.08. The summed E-state index contributed by atoms with van der Waals surface area (Å²) < 4.78 is 0. The molecule has 0 spiro atoms. The van der Waals surface area contributed by atoms with E-state index in [0.29, 0.717) is 12.5 Å². The second kappa shape index (κ2) is 7.12. The number of hydrogen-bond donors (Lipinski definition) is 1. The lowest BCUT2D eigenvalue weighted by molar-refractivity contribution is 0.428. The molecule has 1 fully saturated rings. The molecule has 0 aliphatic carbocycles. The van der Waals surface area contributed by atoms with Crippen molar-refractivity contribution in [3.8, 4) is 0 Å². The van der Waals surface area contributed by atoms with Crippen LogP contribution in [0.25, 0.3) is 0 Å². The van der Waals surface area contributed by atoms with Gasteiger partial charge in [-0.2, -0.15) is 0 Å². The summed E-state index contributed by atoms with van der Waals surface area (Å²) in [6, 6.07) is 4.16. The van der Waals surface area contributed by atoms with Crippen molar-refractivity contribution in [3.63, 3.8) is 0 Å². The Labute approximate surface area is 115 Å². The first-order chi connectivity index (χ1) is 9.29. The van der Waals surface area contributed by atoms with Gasteiger partial charge in [0, 0.05) is 19.3 Å². The van der Waals surface area contributed by atoms with Crippen LogP contribution in [0.4, 0.5) is 0 Å². The lowest BCUT2D eigenvalue weighted by atomic mass is 10.2. The first-order valence-corrected chi connectivity index (χ1v) is 7.28. The summed E-state index contributed by atoms with van der Waals surface area (Å²) in [5, 5.41) is 0. The maximum Gasteiger partial charge on any atom is 0.191 e. The number of aryl methyl sites for hydroxylation is 1. The van der Waals surface area contributed by atoms with E-state index in [9.17, 15) is 0 Å². The fourth-order valence-corrected chi connectivity index (χ4v) is 2.40. The summed E-state index contributed by atoms with van der Waals surface area (Å²) in [6.07, 6.45) is 7.94. The van der Waals surface area contributed by atoms with Crippen molar-refractivity contribution < 1.29 is 0 Å². The largest absolute Gasteiger partial charge is 0.370 e. The Balaban J connectivity index is 1.96. The highest BCUT2D eigenvalue weighted by Crippen LogP contribution is 2.10. The number of guanidine groups is 1. The average molecular weight is 260 g/mol. The Morgan fingerprint density at radius 3 is 2.74 bits per heavy atom. The van der Waals surface area contributed by atoms with Gasteiger partial charge in [-0.25, -0.2) is 4.99 Å². The zero-order valence-electron chi connectivity index (χ0n) is 11.8. The van der Waals surface area contributed by atoms with Gasteiger partial charge < -0.3 is 10.6 Å². The highest BCUT2D eigenvalue weighted by molar-refractivity contribution is 5.78. The van der Waals surface area contributed by atoms with Gasteiger partial charge >= 0.3 is 0 Å². The van der Waals surface area contributed by atoms with Gasteiger partial charge in [0.25, 0.3) is 0 Å². The average Bonchev–Trinajstić information content (AvgIpc) is 2.74. The molecule has 2 rings (SSSR count). The van der Waals surface area contributed by atoms with Crippen LogP contribution >= 0.6 is 0 Å². The molecular formula is C15H24N4. The van der Waals surface area contributed by atoms with E-state index >= 15 is 0 Å². The summed E-state index contributed by atoms with van der Waals surface area (Å²) in [5.74, 6) is 0.672. The topological polar surface area (TPSA) is 54.5 Å². The van der Waals surface area contributed by atoms with Gasteiger partial charge in [-0.3, -0.25) is 4.98 Å². The Hall–Kier alpha value is -1.58. The molecular weight excluding hydrogens is 236 g/mol. The van der Waals surface area contributed by atoms with Crippen LogP contribution in [0.1, 0.15) is 43.9 Å². The van der Waals surface area contributed by atoms with Gasteiger partial charge in [-0.15, -0.1) is 0 Å². The predicted molar refractivity (Wildman–Crippen MR) is 79.0 cm³/mol. The number of aromatic nitrogens is 1. The molecule has 1 aliphatic rings. The highest BCUT2D eigenvalue weighted by atomic mass is 15.2. The van der Waals surface area contributed by atoms with Gasteiger partial charge in [0.2, 0.25) is 0 Å². The first kappa shape index (κ1) is 13.8. The molecule has 0 radical (unpaired) electrons. The quantitative estimate of drug-likeness (QED) is 0.670. The van der Waals surface area contributed by atoms with Crippen LogP contribution in [0, 0.1) is 0 Å². The lowest BCUT2D eigenvalue weighted by Crippen LogP contribution is -2.38. The van der Waals surface area contributed by atoms with Gasteiger partial charge in [0.15, 0.2) is 5.96 Å². The third-order valence-corrected chi connectivity index (χ3v) is 3.62. The van der Waals surface area contributed by atoms with E-state index in [-0.39, 0.29) is 0 Å². The third-order valence-electron chi connectivity index (χ3n) is 3.62. The molecule has 19 heavy (non-hydrogen) atoms. The maximum absolute atomic E-state index is 6.08. The number of likely N-dealkylation sites (tertiary alicyclic amines) is 1. The summed E-state index contributed by atoms with van der Waals surface area (Å²) in [4.78, 5) is 11.0. The summed E-state index contributed by atoms with van der Waals surface area (Å²) >= 11 is 0. The molecule has 1 aromatic rings. The van der Waals surface area contributed by atoms with E-state index in [2.05, 4.69) is 27.9 Å². The minimum Gasteiger partial charge on any atom is -0.370 e. The molecule has 0 aromatic carbocycles. The molecule has 0 bridgehead atoms. The normalized spacial score (nSPS) is 17.3. The zero-order valence-corrected chi connectivity index (χ0v) is 11.8. The van der Waals surface area contributed by atoms with E-state index < -0.39 is 0 Å². The van der Waals surface area contributed by atoms with Crippen molar-refractivity contribution in [2.45, 2.75) is 45.6 Å². The Kier molecular flexibility index (Phi) is 5.19. The summed E-state index contributed by atoms with van der Waals surface area (Å²) in [5.41, 5.74) is 8.38. The van der Waals surface area contributed by atoms with E-state index in [4.69, 9.17) is 5.73 Å². The SMILES string of the molecule is CCc1ccnc(CN=C(N)N2CCCCCC2)c1. The van der Waals surface area contributed by atoms with Crippen LogP contribution < -0.4 is 5.73 Å². The van der Waals surface area contributed by atoms with Crippen LogP contribution in [0.15, 0.2) is 23.3 Å². The fraction of sp³-hybridized carbons (Fsp3) is 0.600. The molecule has 0 atom stereocenters. The van der Waals surface area contributed by atoms with Crippen LogP contribution in [-0.4, -0.2) is 28.9 Å². The second-order valence-corrected chi connectivity index (χ2v) is 5.08. The smallest absolute Gasteiger partial charge is 0.191 e. The van der Waals surface area contributed by atoms with Crippen molar-refractivity contribution in [2.24, 2.45) is 10.7 Å². The third kappa shape index (κ3) is 4.23. The zero-order chi connectivity index (χ0) is 13.5. The van der Waals surface area contributed by atoms with Gasteiger partial charge in [-0.05, 0) is 37.0 Å². The minimum atomic E-state index is 0.580. The maximum atomic E-state index is 6.08. The van der Waals surface area contributed by atoms with Crippen molar-refractivity contribution in [3.05, 3.63) is 29.6 Å². The molecule has 0 saturated carbocycles. The predicted octanol–water partition coefficient (Wildman–Crippen LogP) is 2.33. The molecule has 2 heterocycles. The molecule has 104 valence electrons. The van der Waals surface area contributed by atoms with Gasteiger partial charge in [0.1, 0.15) is 0 Å². The van der Waals surface area contributed by atoms with Crippen LogP contribution in [-0.2, 0) is 13.0 Å². The van der Waals surface area contributed by atoms with Crippen LogP contribution in [0.3, 0.4) is 0 Å². The number of aliphatic imine (C=N–C) groups is 1. The number of pyridine rings is 1. The molecule has 0 unspecified atom stereocenters. The standard InChI is InChI=1S/C15H24N4/c1-2-13-7-8-17-14(11-13)12-18-15(16)19-9-5-3-4-6-10-19/h7-8,11H,2-6,9-10,12H2,1H3,(H2,16,18). The highest BCUT2D eigenvalue weighted by Gasteiger charge is 2.10. The van der Waals surface area contributed by atoms with Crippen LogP contribution in [0.5, 0.6) is 0 Å². The number of rotatable bonds is 3. The molecule has 1 saturated heterocycles. The van der Waals surface area contributed by atoms with Crippen molar-refractivity contribution in [1.29, 1.82) is 0 Å².